The lowest BCUT2D eigenvalue weighted by atomic mass is 10.1. The largest absolute Gasteiger partial charge is 0.462 e. The molecule has 2 amide bonds. The van der Waals surface area contributed by atoms with Gasteiger partial charge in [-0.3, -0.25) is 0 Å². The van der Waals surface area contributed by atoms with Gasteiger partial charge in [-0.15, -0.1) is 0 Å². The molecule has 0 fully saturated rings. The Kier molecular flexibility index (Phi) is 7.19. The molecule has 0 radical (unpaired) electrons. The second kappa shape index (κ2) is 11.0. The molecular weight excluding hydrogens is 504 g/mol. The number of amides is 2. The number of urea groups is 1. The molecule has 0 unspecified atom stereocenters. The number of ether oxygens (including phenoxy) is 1. The first-order chi connectivity index (χ1) is 18.5. The van der Waals surface area contributed by atoms with E-state index in [1.807, 2.05) is 35.0 Å². The lowest BCUT2D eigenvalue weighted by molar-refractivity contribution is 0.0526. The third kappa shape index (κ3) is 5.74. The summed E-state index contributed by atoms with van der Waals surface area (Å²) < 4.78 is 6.91. The number of hydrogen-bond donors (Lipinski definition) is 3. The molecule has 3 aromatic carbocycles. The molecule has 2 heterocycles. The molecule has 9 nitrogen and oxygen atoms in total. The van der Waals surface area contributed by atoms with Crippen LogP contribution in [0.25, 0.3) is 16.9 Å². The van der Waals surface area contributed by atoms with E-state index in [1.54, 1.807) is 67.7 Å². The molecular formula is C28H23ClN6O3. The van der Waals surface area contributed by atoms with E-state index in [-0.39, 0.29) is 12.0 Å². The van der Waals surface area contributed by atoms with Crippen molar-refractivity contribution in [3.05, 3.63) is 102 Å². The minimum atomic E-state index is -0.379. The standard InChI is InChI=1S/C28H23ClN6O3/c1-2-38-27(36)18-6-10-21(11-7-18)31-25-26-30-14-15-35(26)17-24(34-25)19-4-3-5-23(16-19)33-28(37)32-22-12-8-20(29)9-13-22/h3-17H,2H2,1H3,(H,31,34)(H2,32,33,37). The van der Waals surface area contributed by atoms with Gasteiger partial charge in [0.1, 0.15) is 0 Å². The van der Waals surface area contributed by atoms with Crippen LogP contribution in [0.5, 0.6) is 0 Å². The van der Waals surface area contributed by atoms with Crippen molar-refractivity contribution >= 4 is 52.1 Å². The number of nitrogens with one attached hydrogen (secondary N) is 3. The zero-order valence-electron chi connectivity index (χ0n) is 20.3. The molecule has 0 bridgehead atoms. The lowest BCUT2D eigenvalue weighted by Gasteiger charge is -2.12. The number of aromatic nitrogens is 3. The average Bonchev–Trinajstić information content (AvgIpc) is 3.40. The van der Waals surface area contributed by atoms with Crippen LogP contribution in [0.15, 0.2) is 91.4 Å². The van der Waals surface area contributed by atoms with Gasteiger partial charge in [-0.05, 0) is 67.6 Å². The normalized spacial score (nSPS) is 10.7. The Bertz CT molecular complexity index is 1600. The van der Waals surface area contributed by atoms with Crippen molar-refractivity contribution in [3.63, 3.8) is 0 Å². The molecule has 0 aliphatic carbocycles. The molecule has 5 rings (SSSR count). The van der Waals surface area contributed by atoms with Crippen LogP contribution < -0.4 is 16.0 Å². The van der Waals surface area contributed by atoms with Gasteiger partial charge in [0.15, 0.2) is 11.5 Å². The number of nitrogens with zero attached hydrogens (tertiary/aromatic N) is 3. The van der Waals surface area contributed by atoms with E-state index in [0.717, 1.165) is 11.3 Å². The second-order valence-electron chi connectivity index (χ2n) is 8.22. The summed E-state index contributed by atoms with van der Waals surface area (Å²) in [5.74, 6) is 0.167. The van der Waals surface area contributed by atoms with Gasteiger partial charge in [-0.25, -0.2) is 19.6 Å². The fourth-order valence-corrected chi connectivity index (χ4v) is 3.90. The summed E-state index contributed by atoms with van der Waals surface area (Å²) in [5, 5.41) is 9.49. The van der Waals surface area contributed by atoms with E-state index in [9.17, 15) is 9.59 Å². The molecule has 0 aliphatic rings. The highest BCUT2D eigenvalue weighted by atomic mass is 35.5. The fraction of sp³-hybridized carbons (Fsp3) is 0.0714. The Morgan fingerprint density at radius 3 is 2.45 bits per heavy atom. The minimum Gasteiger partial charge on any atom is -0.462 e. The molecule has 38 heavy (non-hydrogen) atoms. The Hall–Kier alpha value is -4.89. The summed E-state index contributed by atoms with van der Waals surface area (Å²) in [6, 6.07) is 20.8. The average molecular weight is 527 g/mol. The molecule has 0 atom stereocenters. The minimum absolute atomic E-state index is 0.317. The number of benzene rings is 3. The van der Waals surface area contributed by atoms with Gasteiger partial charge < -0.3 is 25.1 Å². The van der Waals surface area contributed by atoms with Crippen LogP contribution in [0, 0.1) is 0 Å². The number of fused-ring (bicyclic) bond motifs is 1. The quantitative estimate of drug-likeness (QED) is 0.206. The highest BCUT2D eigenvalue weighted by molar-refractivity contribution is 6.30. The number of halogens is 1. The summed E-state index contributed by atoms with van der Waals surface area (Å²) in [5.41, 5.74) is 4.54. The van der Waals surface area contributed by atoms with Gasteiger partial charge in [0.25, 0.3) is 0 Å². The molecule has 190 valence electrons. The molecule has 0 saturated carbocycles. The summed E-state index contributed by atoms with van der Waals surface area (Å²) in [7, 11) is 0. The molecule has 3 N–H and O–H groups in total. The van der Waals surface area contributed by atoms with Crippen molar-refractivity contribution in [2.45, 2.75) is 6.92 Å². The Morgan fingerprint density at radius 1 is 0.947 bits per heavy atom. The predicted octanol–water partition coefficient (Wildman–Crippen LogP) is 6.61. The summed E-state index contributed by atoms with van der Waals surface area (Å²) in [6.07, 6.45) is 5.39. The van der Waals surface area contributed by atoms with Gasteiger partial charge in [0.2, 0.25) is 0 Å². The first-order valence-corrected chi connectivity index (χ1v) is 12.2. The Morgan fingerprint density at radius 2 is 1.68 bits per heavy atom. The van der Waals surface area contributed by atoms with Gasteiger partial charge in [0, 0.05) is 46.2 Å². The van der Waals surface area contributed by atoms with E-state index in [2.05, 4.69) is 20.9 Å². The zero-order chi connectivity index (χ0) is 26.5. The molecule has 5 aromatic rings. The topological polar surface area (TPSA) is 110 Å². The van der Waals surface area contributed by atoms with Crippen LogP contribution in [0.3, 0.4) is 0 Å². The van der Waals surface area contributed by atoms with E-state index >= 15 is 0 Å². The predicted molar refractivity (Wildman–Crippen MR) is 148 cm³/mol. The smallest absolute Gasteiger partial charge is 0.338 e. The van der Waals surface area contributed by atoms with Crippen molar-refractivity contribution in [2.24, 2.45) is 0 Å². The van der Waals surface area contributed by atoms with Crippen LogP contribution in [0.4, 0.5) is 27.7 Å². The van der Waals surface area contributed by atoms with Crippen LogP contribution in [-0.2, 0) is 4.74 Å². The van der Waals surface area contributed by atoms with Crippen molar-refractivity contribution in [1.82, 2.24) is 14.4 Å². The van der Waals surface area contributed by atoms with Crippen molar-refractivity contribution in [2.75, 3.05) is 22.6 Å². The van der Waals surface area contributed by atoms with Crippen molar-refractivity contribution in [3.8, 4) is 11.3 Å². The summed E-state index contributed by atoms with van der Waals surface area (Å²) in [6.45, 7) is 2.08. The highest BCUT2D eigenvalue weighted by Crippen LogP contribution is 2.26. The number of imidazole rings is 1. The van der Waals surface area contributed by atoms with E-state index in [4.69, 9.17) is 21.3 Å². The van der Waals surface area contributed by atoms with Crippen LogP contribution in [0.2, 0.25) is 5.02 Å². The number of carbonyl (C=O) groups is 2. The number of rotatable bonds is 7. The van der Waals surface area contributed by atoms with Crippen LogP contribution in [0.1, 0.15) is 17.3 Å². The van der Waals surface area contributed by atoms with Crippen LogP contribution >= 0.6 is 11.6 Å². The Labute approximate surface area is 223 Å². The SMILES string of the molecule is CCOC(=O)c1ccc(Nc2nc(-c3cccc(NC(=O)Nc4ccc(Cl)cc4)c3)cn3ccnc23)cc1. The number of esters is 1. The molecule has 0 saturated heterocycles. The van der Waals surface area contributed by atoms with Gasteiger partial charge in [-0.1, -0.05) is 23.7 Å². The third-order valence-electron chi connectivity index (χ3n) is 5.55. The molecule has 0 spiro atoms. The summed E-state index contributed by atoms with van der Waals surface area (Å²) >= 11 is 5.91. The molecule has 10 heteroatoms. The first kappa shape index (κ1) is 24.8. The number of hydrogen-bond acceptors (Lipinski definition) is 6. The maximum Gasteiger partial charge on any atom is 0.338 e. The zero-order valence-corrected chi connectivity index (χ0v) is 21.1. The van der Waals surface area contributed by atoms with Gasteiger partial charge in [0.05, 0.1) is 17.9 Å². The Balaban J connectivity index is 1.37. The van der Waals surface area contributed by atoms with Gasteiger partial charge >= 0.3 is 12.0 Å². The van der Waals surface area contributed by atoms with Crippen LogP contribution in [-0.4, -0.2) is 33.0 Å². The second-order valence-corrected chi connectivity index (χ2v) is 8.66. The third-order valence-corrected chi connectivity index (χ3v) is 5.80. The van der Waals surface area contributed by atoms with E-state index < -0.39 is 0 Å². The monoisotopic (exact) mass is 526 g/mol. The van der Waals surface area contributed by atoms with E-state index in [1.165, 1.54) is 0 Å². The lowest BCUT2D eigenvalue weighted by Crippen LogP contribution is -2.19. The van der Waals surface area contributed by atoms with Gasteiger partial charge in [-0.2, -0.15) is 0 Å². The molecule has 0 aliphatic heterocycles. The maximum atomic E-state index is 12.5. The fourth-order valence-electron chi connectivity index (χ4n) is 3.78. The number of carbonyl (C=O) groups excluding carboxylic acids is 2. The first-order valence-electron chi connectivity index (χ1n) is 11.8. The van der Waals surface area contributed by atoms with Crippen molar-refractivity contribution < 1.29 is 14.3 Å². The summed E-state index contributed by atoms with van der Waals surface area (Å²) in [4.78, 5) is 33.7. The highest BCUT2D eigenvalue weighted by Gasteiger charge is 2.12. The molecule has 2 aromatic heterocycles. The van der Waals surface area contributed by atoms with Crippen molar-refractivity contribution in [1.29, 1.82) is 0 Å². The van der Waals surface area contributed by atoms with E-state index in [0.29, 0.717) is 45.7 Å². The number of anilines is 4. The maximum absolute atomic E-state index is 12.5.